The number of carbonyl (C=O) groups excluding carboxylic acids is 1. The summed E-state index contributed by atoms with van der Waals surface area (Å²) in [5.41, 5.74) is 0.802. The van der Waals surface area contributed by atoms with E-state index in [2.05, 4.69) is 15.0 Å². The van der Waals surface area contributed by atoms with E-state index in [9.17, 15) is 14.9 Å². The zero-order valence-corrected chi connectivity index (χ0v) is 13.8. The molecule has 0 spiro atoms. The van der Waals surface area contributed by atoms with Gasteiger partial charge < -0.3 is 14.3 Å². The molecule has 1 aliphatic rings. The molecule has 2 aromatic heterocycles. The molecular formula is C15H13N5O4S. The average molecular weight is 359 g/mol. The summed E-state index contributed by atoms with van der Waals surface area (Å²) in [6.45, 7) is 2.38. The Balaban J connectivity index is 1.48. The van der Waals surface area contributed by atoms with Crippen molar-refractivity contribution in [3.63, 3.8) is 0 Å². The van der Waals surface area contributed by atoms with Crippen molar-refractivity contribution >= 4 is 38.3 Å². The van der Waals surface area contributed by atoms with Crippen LogP contribution in [0.2, 0.25) is 0 Å². The maximum absolute atomic E-state index is 12.2. The summed E-state index contributed by atoms with van der Waals surface area (Å²) in [6, 6.07) is 6.21. The largest absolute Gasteiger partial charge is 0.351 e. The molecular weight excluding hydrogens is 346 g/mol. The second-order valence-electron chi connectivity index (χ2n) is 5.56. The van der Waals surface area contributed by atoms with Crippen molar-refractivity contribution in [3.8, 4) is 0 Å². The van der Waals surface area contributed by atoms with E-state index in [4.69, 9.17) is 4.52 Å². The third kappa shape index (κ3) is 2.91. The standard InChI is InChI=1S/C15H13N5O4S/c21-14(12-3-4-16-24-12)18-5-7-19(8-6-18)15-17-11-2-1-10(20(22)23)9-13(11)25-15/h1-4,9H,5-8H2. The quantitative estimate of drug-likeness (QED) is 0.521. The lowest BCUT2D eigenvalue weighted by atomic mass is 10.3. The smallest absolute Gasteiger partial charge is 0.292 e. The molecule has 128 valence electrons. The van der Waals surface area contributed by atoms with Crippen LogP contribution in [-0.4, -0.2) is 52.1 Å². The summed E-state index contributed by atoms with van der Waals surface area (Å²) in [5, 5.41) is 15.2. The van der Waals surface area contributed by atoms with Crippen LogP contribution in [0.25, 0.3) is 10.2 Å². The average Bonchev–Trinajstić information content (AvgIpc) is 3.30. The van der Waals surface area contributed by atoms with Gasteiger partial charge in [0.25, 0.3) is 11.6 Å². The molecule has 1 fully saturated rings. The molecule has 1 amide bonds. The van der Waals surface area contributed by atoms with E-state index in [1.54, 1.807) is 23.1 Å². The Hall–Kier alpha value is -3.01. The Kier molecular flexibility index (Phi) is 3.80. The first kappa shape index (κ1) is 15.5. The minimum atomic E-state index is -0.410. The number of non-ortho nitro benzene ring substituents is 1. The van der Waals surface area contributed by atoms with Crippen LogP contribution >= 0.6 is 11.3 Å². The third-order valence-corrected chi connectivity index (χ3v) is 5.14. The first-order valence-corrected chi connectivity index (χ1v) is 8.43. The molecule has 3 heterocycles. The number of piperazine rings is 1. The molecule has 1 aliphatic heterocycles. The first-order valence-electron chi connectivity index (χ1n) is 7.62. The Morgan fingerprint density at radius 3 is 2.72 bits per heavy atom. The summed E-state index contributed by atoms with van der Waals surface area (Å²) >= 11 is 1.42. The van der Waals surface area contributed by atoms with Gasteiger partial charge in [-0.15, -0.1) is 0 Å². The molecule has 10 heteroatoms. The Morgan fingerprint density at radius 1 is 1.24 bits per heavy atom. The number of amides is 1. The van der Waals surface area contributed by atoms with Crippen molar-refractivity contribution in [2.24, 2.45) is 0 Å². The highest BCUT2D eigenvalue weighted by atomic mass is 32.1. The highest BCUT2D eigenvalue weighted by Crippen LogP contribution is 2.31. The zero-order valence-electron chi connectivity index (χ0n) is 13.0. The van der Waals surface area contributed by atoms with Crippen LogP contribution in [-0.2, 0) is 0 Å². The predicted molar refractivity (Wildman–Crippen MR) is 90.9 cm³/mol. The van der Waals surface area contributed by atoms with Crippen molar-refractivity contribution in [1.82, 2.24) is 15.0 Å². The second kappa shape index (κ2) is 6.13. The molecule has 0 radical (unpaired) electrons. The third-order valence-electron chi connectivity index (χ3n) is 4.06. The Bertz CT molecular complexity index is 931. The van der Waals surface area contributed by atoms with E-state index >= 15 is 0 Å². The van der Waals surface area contributed by atoms with Gasteiger partial charge in [0.1, 0.15) is 0 Å². The molecule has 0 bridgehead atoms. The van der Waals surface area contributed by atoms with Crippen LogP contribution in [0, 0.1) is 10.1 Å². The molecule has 9 nitrogen and oxygen atoms in total. The number of anilines is 1. The molecule has 1 saturated heterocycles. The molecule has 0 aliphatic carbocycles. The number of benzene rings is 1. The SMILES string of the molecule is O=C(c1ccno1)N1CCN(c2nc3ccc([N+](=O)[O-])cc3s2)CC1. The molecule has 3 aromatic rings. The molecule has 0 unspecified atom stereocenters. The monoisotopic (exact) mass is 359 g/mol. The molecule has 0 atom stereocenters. The second-order valence-corrected chi connectivity index (χ2v) is 6.57. The number of thiazole rings is 1. The number of aromatic nitrogens is 2. The number of nitro groups is 1. The summed E-state index contributed by atoms with van der Waals surface area (Å²) in [7, 11) is 0. The fraction of sp³-hybridized carbons (Fsp3) is 0.267. The number of fused-ring (bicyclic) bond motifs is 1. The molecule has 4 rings (SSSR count). The Labute approximate surface area is 145 Å². The van der Waals surface area contributed by atoms with E-state index in [0.29, 0.717) is 26.2 Å². The Morgan fingerprint density at radius 2 is 2.04 bits per heavy atom. The summed E-state index contributed by atoms with van der Waals surface area (Å²) in [4.78, 5) is 31.1. The van der Waals surface area contributed by atoms with Crippen LogP contribution in [0.1, 0.15) is 10.6 Å². The predicted octanol–water partition coefficient (Wildman–Crippen LogP) is 2.15. The minimum absolute atomic E-state index is 0.0603. The van der Waals surface area contributed by atoms with Gasteiger partial charge in [-0.3, -0.25) is 14.9 Å². The minimum Gasteiger partial charge on any atom is -0.351 e. The zero-order chi connectivity index (χ0) is 17.4. The lowest BCUT2D eigenvalue weighted by Crippen LogP contribution is -2.48. The van der Waals surface area contributed by atoms with Crippen molar-refractivity contribution in [2.45, 2.75) is 0 Å². The van der Waals surface area contributed by atoms with E-state index in [1.165, 1.54) is 23.6 Å². The van der Waals surface area contributed by atoms with Gasteiger partial charge in [0.05, 0.1) is 21.3 Å². The van der Waals surface area contributed by atoms with Crippen LogP contribution < -0.4 is 4.90 Å². The number of hydrogen-bond donors (Lipinski definition) is 0. The fourth-order valence-electron chi connectivity index (χ4n) is 2.73. The van der Waals surface area contributed by atoms with Crippen molar-refractivity contribution in [3.05, 3.63) is 46.3 Å². The normalized spacial score (nSPS) is 14.9. The molecule has 1 aromatic carbocycles. The number of rotatable bonds is 3. The van der Waals surface area contributed by atoms with Crippen molar-refractivity contribution < 1.29 is 14.2 Å². The number of nitro benzene ring substituents is 1. The maximum atomic E-state index is 12.2. The topological polar surface area (TPSA) is 106 Å². The van der Waals surface area contributed by atoms with Crippen LogP contribution in [0.3, 0.4) is 0 Å². The van der Waals surface area contributed by atoms with Gasteiger partial charge in [0.2, 0.25) is 5.76 Å². The molecule has 0 saturated carbocycles. The first-order chi connectivity index (χ1) is 12.1. The van der Waals surface area contributed by atoms with Gasteiger partial charge in [-0.1, -0.05) is 16.5 Å². The lowest BCUT2D eigenvalue weighted by molar-refractivity contribution is -0.384. The van der Waals surface area contributed by atoms with Crippen LogP contribution in [0.4, 0.5) is 10.8 Å². The van der Waals surface area contributed by atoms with Gasteiger partial charge >= 0.3 is 0 Å². The van der Waals surface area contributed by atoms with Crippen LogP contribution in [0.5, 0.6) is 0 Å². The number of nitrogens with zero attached hydrogens (tertiary/aromatic N) is 5. The van der Waals surface area contributed by atoms with E-state index in [1.807, 2.05) is 0 Å². The summed E-state index contributed by atoms with van der Waals surface area (Å²) < 4.78 is 5.69. The van der Waals surface area contributed by atoms with Gasteiger partial charge in [-0.2, -0.15) is 0 Å². The highest BCUT2D eigenvalue weighted by molar-refractivity contribution is 7.22. The van der Waals surface area contributed by atoms with E-state index < -0.39 is 4.92 Å². The van der Waals surface area contributed by atoms with E-state index in [0.717, 1.165) is 15.3 Å². The molecule has 25 heavy (non-hydrogen) atoms. The maximum Gasteiger partial charge on any atom is 0.292 e. The number of hydrogen-bond acceptors (Lipinski definition) is 8. The summed E-state index contributed by atoms with van der Waals surface area (Å²) in [6.07, 6.45) is 1.45. The van der Waals surface area contributed by atoms with Gasteiger partial charge in [-0.25, -0.2) is 4.98 Å². The lowest BCUT2D eigenvalue weighted by Gasteiger charge is -2.33. The van der Waals surface area contributed by atoms with Gasteiger partial charge in [0, 0.05) is 44.4 Å². The summed E-state index contributed by atoms with van der Waals surface area (Å²) in [5.74, 6) is 0.0674. The number of carbonyl (C=O) groups is 1. The van der Waals surface area contributed by atoms with Gasteiger partial charge in [-0.05, 0) is 6.07 Å². The van der Waals surface area contributed by atoms with Gasteiger partial charge in [0.15, 0.2) is 5.13 Å². The van der Waals surface area contributed by atoms with Crippen LogP contribution in [0.15, 0.2) is 35.0 Å². The highest BCUT2D eigenvalue weighted by Gasteiger charge is 2.25. The van der Waals surface area contributed by atoms with Crippen molar-refractivity contribution in [1.29, 1.82) is 0 Å². The van der Waals surface area contributed by atoms with E-state index in [-0.39, 0.29) is 17.4 Å². The molecule has 0 N–H and O–H groups in total. The fourth-order valence-corrected chi connectivity index (χ4v) is 3.78. The van der Waals surface area contributed by atoms with Crippen molar-refractivity contribution in [2.75, 3.05) is 31.1 Å².